The van der Waals surface area contributed by atoms with Crippen LogP contribution in [0.4, 0.5) is 0 Å². The summed E-state index contributed by atoms with van der Waals surface area (Å²) in [7, 11) is 0. The molecule has 3 heteroatoms. The van der Waals surface area contributed by atoms with Gasteiger partial charge in [-0.3, -0.25) is 0 Å². The van der Waals surface area contributed by atoms with Crippen LogP contribution in [-0.2, 0) is 0 Å². The van der Waals surface area contributed by atoms with Gasteiger partial charge in [0.15, 0.2) is 0 Å². The lowest BCUT2D eigenvalue weighted by atomic mass is 9.89. The van der Waals surface area contributed by atoms with E-state index in [-0.39, 0.29) is 0 Å². The van der Waals surface area contributed by atoms with Crippen LogP contribution >= 0.6 is 0 Å². The van der Waals surface area contributed by atoms with Crippen molar-refractivity contribution in [1.82, 2.24) is 5.32 Å². The van der Waals surface area contributed by atoms with Gasteiger partial charge < -0.3 is 16.2 Å². The average Bonchev–Trinajstić information content (AvgIpc) is 2.52. The molecule has 0 bridgehead atoms. The molecule has 2 atom stereocenters. The maximum atomic E-state index is 9.03. The lowest BCUT2D eigenvalue weighted by Crippen LogP contribution is -2.23. The van der Waals surface area contributed by atoms with Crippen LogP contribution in [0.15, 0.2) is 0 Å². The first-order valence-corrected chi connectivity index (χ1v) is 4.40. The van der Waals surface area contributed by atoms with Crippen molar-refractivity contribution >= 4 is 0 Å². The highest BCUT2D eigenvalue weighted by Crippen LogP contribution is 2.20. The number of nitrogens with one attached hydrogen (secondary N) is 1. The minimum absolute atomic E-state index is 0.295. The van der Waals surface area contributed by atoms with Crippen molar-refractivity contribution in [2.75, 3.05) is 26.2 Å². The molecular formula is C8H18N2O. The molecule has 0 aromatic carbocycles. The molecule has 0 aromatic heterocycles. The Hall–Kier alpha value is -0.120. The summed E-state index contributed by atoms with van der Waals surface area (Å²) in [4.78, 5) is 0. The molecule has 0 radical (unpaired) electrons. The highest BCUT2D eigenvalue weighted by Gasteiger charge is 2.23. The maximum Gasteiger partial charge on any atom is 0.0462 e. The fraction of sp³-hybridized carbons (Fsp3) is 1.00. The second-order valence-corrected chi connectivity index (χ2v) is 3.27. The number of nitrogens with two attached hydrogens (primary N) is 1. The van der Waals surface area contributed by atoms with Crippen molar-refractivity contribution in [1.29, 1.82) is 0 Å². The summed E-state index contributed by atoms with van der Waals surface area (Å²) in [5.41, 5.74) is 5.44. The second-order valence-electron chi connectivity index (χ2n) is 3.27. The van der Waals surface area contributed by atoms with Gasteiger partial charge in [-0.2, -0.15) is 0 Å². The summed E-state index contributed by atoms with van der Waals surface area (Å²) in [6.45, 7) is 3.15. The molecule has 0 spiro atoms. The topological polar surface area (TPSA) is 58.3 Å². The van der Waals surface area contributed by atoms with Gasteiger partial charge >= 0.3 is 0 Å². The van der Waals surface area contributed by atoms with Gasteiger partial charge in [-0.15, -0.1) is 0 Å². The van der Waals surface area contributed by atoms with E-state index in [0.29, 0.717) is 25.0 Å². The summed E-state index contributed by atoms with van der Waals surface area (Å²) in [5.74, 6) is 1.08. The Labute approximate surface area is 68.0 Å². The van der Waals surface area contributed by atoms with Crippen LogP contribution in [0.2, 0.25) is 0 Å². The van der Waals surface area contributed by atoms with Gasteiger partial charge in [0.05, 0.1) is 0 Å². The molecule has 1 aliphatic rings. The summed E-state index contributed by atoms with van der Waals surface area (Å²) in [6.07, 6.45) is 2.16. The largest absolute Gasteiger partial charge is 0.396 e. The van der Waals surface area contributed by atoms with E-state index in [1.54, 1.807) is 0 Å². The summed E-state index contributed by atoms with van der Waals surface area (Å²) in [6, 6.07) is 0. The van der Waals surface area contributed by atoms with Crippen molar-refractivity contribution < 1.29 is 5.11 Å². The zero-order valence-corrected chi connectivity index (χ0v) is 6.92. The highest BCUT2D eigenvalue weighted by molar-refractivity contribution is 4.77. The van der Waals surface area contributed by atoms with Crippen LogP contribution in [0.25, 0.3) is 0 Å². The van der Waals surface area contributed by atoms with Gasteiger partial charge in [-0.25, -0.2) is 0 Å². The van der Waals surface area contributed by atoms with Gasteiger partial charge in [0.1, 0.15) is 0 Å². The zero-order chi connectivity index (χ0) is 8.10. The lowest BCUT2D eigenvalue weighted by Gasteiger charge is -2.19. The SMILES string of the molecule is NCCC(CO)C1CCNC1. The molecule has 0 aliphatic carbocycles. The number of aliphatic hydroxyl groups is 1. The highest BCUT2D eigenvalue weighted by atomic mass is 16.3. The average molecular weight is 158 g/mol. The van der Waals surface area contributed by atoms with E-state index >= 15 is 0 Å². The van der Waals surface area contributed by atoms with Crippen LogP contribution in [-0.4, -0.2) is 31.3 Å². The van der Waals surface area contributed by atoms with Crippen LogP contribution < -0.4 is 11.1 Å². The summed E-state index contributed by atoms with van der Waals surface area (Å²) in [5, 5.41) is 12.3. The quantitative estimate of drug-likeness (QED) is 0.519. The standard InChI is InChI=1S/C8H18N2O/c9-3-1-8(6-11)7-2-4-10-5-7/h7-8,10-11H,1-6,9H2. The molecule has 4 N–H and O–H groups in total. The second kappa shape index (κ2) is 4.70. The third-order valence-corrected chi connectivity index (χ3v) is 2.54. The Morgan fingerprint density at radius 2 is 2.45 bits per heavy atom. The summed E-state index contributed by atoms with van der Waals surface area (Å²) < 4.78 is 0. The predicted molar refractivity (Wildman–Crippen MR) is 45.2 cm³/mol. The Kier molecular flexibility index (Phi) is 3.83. The zero-order valence-electron chi connectivity index (χ0n) is 6.92. The Morgan fingerprint density at radius 1 is 1.64 bits per heavy atom. The monoisotopic (exact) mass is 158 g/mol. The van der Waals surface area contributed by atoms with Crippen molar-refractivity contribution in [2.45, 2.75) is 12.8 Å². The predicted octanol–water partition coefficient (Wildman–Crippen LogP) is -0.447. The number of aliphatic hydroxyl groups excluding tert-OH is 1. The molecule has 1 rings (SSSR count). The molecule has 1 aliphatic heterocycles. The molecule has 0 amide bonds. The maximum absolute atomic E-state index is 9.03. The fourth-order valence-electron chi connectivity index (χ4n) is 1.77. The van der Waals surface area contributed by atoms with Crippen molar-refractivity contribution in [3.63, 3.8) is 0 Å². The first-order chi connectivity index (χ1) is 5.38. The third-order valence-electron chi connectivity index (χ3n) is 2.54. The molecular weight excluding hydrogens is 140 g/mol. The molecule has 2 unspecified atom stereocenters. The van der Waals surface area contributed by atoms with Gasteiger partial charge in [0, 0.05) is 6.61 Å². The van der Waals surface area contributed by atoms with E-state index in [0.717, 1.165) is 19.5 Å². The minimum atomic E-state index is 0.295. The van der Waals surface area contributed by atoms with Crippen LogP contribution in [0.1, 0.15) is 12.8 Å². The molecule has 3 nitrogen and oxygen atoms in total. The van der Waals surface area contributed by atoms with Crippen molar-refractivity contribution in [3.05, 3.63) is 0 Å². The molecule has 1 heterocycles. The van der Waals surface area contributed by atoms with Crippen molar-refractivity contribution in [2.24, 2.45) is 17.6 Å². The van der Waals surface area contributed by atoms with Crippen LogP contribution in [0.5, 0.6) is 0 Å². The Bertz CT molecular complexity index is 102. The Balaban J connectivity index is 2.27. The minimum Gasteiger partial charge on any atom is -0.396 e. The van der Waals surface area contributed by atoms with Crippen LogP contribution in [0.3, 0.4) is 0 Å². The molecule has 0 aromatic rings. The molecule has 1 saturated heterocycles. The normalized spacial score (nSPS) is 27.3. The lowest BCUT2D eigenvalue weighted by molar-refractivity contribution is 0.175. The molecule has 66 valence electrons. The number of hydrogen-bond acceptors (Lipinski definition) is 3. The molecule has 0 saturated carbocycles. The van der Waals surface area contributed by atoms with E-state index in [1.165, 1.54) is 6.42 Å². The van der Waals surface area contributed by atoms with Gasteiger partial charge in [0.2, 0.25) is 0 Å². The summed E-state index contributed by atoms with van der Waals surface area (Å²) >= 11 is 0. The number of rotatable bonds is 4. The first-order valence-electron chi connectivity index (χ1n) is 4.40. The van der Waals surface area contributed by atoms with E-state index in [4.69, 9.17) is 10.8 Å². The van der Waals surface area contributed by atoms with E-state index in [9.17, 15) is 0 Å². The van der Waals surface area contributed by atoms with E-state index in [1.807, 2.05) is 0 Å². The van der Waals surface area contributed by atoms with E-state index < -0.39 is 0 Å². The van der Waals surface area contributed by atoms with Crippen LogP contribution in [0, 0.1) is 11.8 Å². The third kappa shape index (κ3) is 2.43. The molecule has 11 heavy (non-hydrogen) atoms. The van der Waals surface area contributed by atoms with Gasteiger partial charge in [-0.05, 0) is 44.3 Å². The van der Waals surface area contributed by atoms with Gasteiger partial charge in [-0.1, -0.05) is 0 Å². The van der Waals surface area contributed by atoms with E-state index in [2.05, 4.69) is 5.32 Å². The molecule has 1 fully saturated rings. The fourth-order valence-corrected chi connectivity index (χ4v) is 1.77. The van der Waals surface area contributed by atoms with Crippen molar-refractivity contribution in [3.8, 4) is 0 Å². The number of hydrogen-bond donors (Lipinski definition) is 3. The Morgan fingerprint density at radius 3 is 2.91 bits per heavy atom. The first kappa shape index (κ1) is 8.97. The smallest absolute Gasteiger partial charge is 0.0462 e. The van der Waals surface area contributed by atoms with Gasteiger partial charge in [0.25, 0.3) is 0 Å².